The lowest BCUT2D eigenvalue weighted by Gasteiger charge is -2.48. The largest absolute Gasteiger partial charge is 0.390 e. The summed E-state index contributed by atoms with van der Waals surface area (Å²) < 4.78 is 25.3. The summed E-state index contributed by atoms with van der Waals surface area (Å²) in [5, 5.41) is 10.5. The number of rotatable bonds is 2. The molecule has 0 saturated carbocycles. The molecular weight excluding hydrogens is 252 g/mol. The van der Waals surface area contributed by atoms with Crippen LogP contribution in [0.15, 0.2) is 0 Å². The van der Waals surface area contributed by atoms with Crippen molar-refractivity contribution in [2.45, 2.75) is 50.8 Å². The van der Waals surface area contributed by atoms with Gasteiger partial charge in [0.05, 0.1) is 17.9 Å². The van der Waals surface area contributed by atoms with Gasteiger partial charge in [0.2, 0.25) is 10.0 Å². The molecule has 2 aliphatic rings. The molecule has 18 heavy (non-hydrogen) atoms. The van der Waals surface area contributed by atoms with Crippen molar-refractivity contribution in [3.05, 3.63) is 0 Å². The molecule has 1 spiro atoms. The zero-order chi connectivity index (χ0) is 13.6. The Bertz CT molecular complexity index is 410. The number of nitrogens with zero attached hydrogens (tertiary/aromatic N) is 2. The van der Waals surface area contributed by atoms with E-state index in [-0.39, 0.29) is 0 Å². The van der Waals surface area contributed by atoms with E-state index in [2.05, 4.69) is 18.7 Å². The van der Waals surface area contributed by atoms with Gasteiger partial charge in [-0.25, -0.2) is 8.42 Å². The highest BCUT2D eigenvalue weighted by atomic mass is 32.2. The van der Waals surface area contributed by atoms with Crippen LogP contribution in [0.2, 0.25) is 0 Å². The van der Waals surface area contributed by atoms with E-state index in [0.29, 0.717) is 19.1 Å². The lowest BCUT2D eigenvalue weighted by Crippen LogP contribution is -2.63. The lowest BCUT2D eigenvalue weighted by molar-refractivity contribution is -0.0438. The number of aliphatic hydroxyl groups excluding tert-OH is 1. The molecule has 106 valence electrons. The first kappa shape index (κ1) is 14.2. The summed E-state index contributed by atoms with van der Waals surface area (Å²) in [5.74, 6) is 0. The molecule has 0 aromatic carbocycles. The zero-order valence-electron chi connectivity index (χ0n) is 11.5. The van der Waals surface area contributed by atoms with Crippen LogP contribution in [0, 0.1) is 0 Å². The third kappa shape index (κ3) is 2.31. The molecule has 6 heteroatoms. The smallest absolute Gasteiger partial charge is 0.211 e. The minimum atomic E-state index is -3.23. The summed E-state index contributed by atoms with van der Waals surface area (Å²) in [7, 11) is -3.23. The van der Waals surface area contributed by atoms with Crippen LogP contribution in [0.1, 0.15) is 33.1 Å². The van der Waals surface area contributed by atoms with Gasteiger partial charge in [0.15, 0.2) is 0 Å². The summed E-state index contributed by atoms with van der Waals surface area (Å²) >= 11 is 0. The van der Waals surface area contributed by atoms with Crippen molar-refractivity contribution < 1.29 is 13.5 Å². The topological polar surface area (TPSA) is 60.9 Å². The highest BCUT2D eigenvalue weighted by Crippen LogP contribution is 2.40. The predicted octanol–water partition coefficient (Wildman–Crippen LogP) is 0.256. The monoisotopic (exact) mass is 276 g/mol. The summed E-state index contributed by atoms with van der Waals surface area (Å²) in [6, 6.07) is 0.394. The van der Waals surface area contributed by atoms with Gasteiger partial charge in [0, 0.05) is 25.7 Å². The van der Waals surface area contributed by atoms with Crippen LogP contribution in [0.3, 0.4) is 0 Å². The van der Waals surface area contributed by atoms with E-state index in [1.807, 2.05) is 0 Å². The van der Waals surface area contributed by atoms with Crippen LogP contribution in [0.5, 0.6) is 0 Å². The summed E-state index contributed by atoms with van der Waals surface area (Å²) in [6.45, 7) is 6.20. The molecule has 0 amide bonds. The second-order valence-electron chi connectivity index (χ2n) is 5.90. The first-order valence-corrected chi connectivity index (χ1v) is 8.52. The number of sulfonamides is 1. The van der Waals surface area contributed by atoms with Crippen LogP contribution in [0.25, 0.3) is 0 Å². The third-order valence-electron chi connectivity index (χ3n) is 4.46. The van der Waals surface area contributed by atoms with Crippen molar-refractivity contribution in [3.8, 4) is 0 Å². The molecule has 0 radical (unpaired) electrons. The van der Waals surface area contributed by atoms with Crippen LogP contribution in [0.4, 0.5) is 0 Å². The minimum absolute atomic E-state index is 0.394. The van der Waals surface area contributed by atoms with Crippen molar-refractivity contribution in [3.63, 3.8) is 0 Å². The number of β-amino-alcohol motifs (C(OH)–C–C–N with tert-alkyl or cyclic N) is 1. The number of hydrogen-bond acceptors (Lipinski definition) is 4. The molecule has 0 aromatic rings. The molecular formula is C12H24N2O3S. The van der Waals surface area contributed by atoms with E-state index in [1.54, 1.807) is 4.31 Å². The molecule has 2 heterocycles. The van der Waals surface area contributed by atoms with Gasteiger partial charge in [-0.1, -0.05) is 0 Å². The maximum absolute atomic E-state index is 11.9. The highest BCUT2D eigenvalue weighted by molar-refractivity contribution is 7.88. The van der Waals surface area contributed by atoms with Crippen LogP contribution < -0.4 is 0 Å². The molecule has 2 fully saturated rings. The van der Waals surface area contributed by atoms with E-state index in [0.717, 1.165) is 25.8 Å². The van der Waals surface area contributed by atoms with E-state index in [1.165, 1.54) is 6.26 Å². The van der Waals surface area contributed by atoms with Gasteiger partial charge in [0.25, 0.3) is 0 Å². The van der Waals surface area contributed by atoms with Crippen molar-refractivity contribution in [1.82, 2.24) is 9.21 Å². The second-order valence-corrected chi connectivity index (χ2v) is 7.80. The van der Waals surface area contributed by atoms with Gasteiger partial charge in [-0.15, -0.1) is 0 Å². The molecule has 0 aliphatic carbocycles. The molecule has 1 N–H and O–H groups in total. The molecule has 2 saturated heterocycles. The Labute approximate surface area is 110 Å². The summed E-state index contributed by atoms with van der Waals surface area (Å²) in [4.78, 5) is 2.22. The van der Waals surface area contributed by atoms with Crippen LogP contribution >= 0.6 is 0 Å². The van der Waals surface area contributed by atoms with Gasteiger partial charge in [-0.05, 0) is 33.1 Å². The molecule has 0 unspecified atom stereocenters. The Kier molecular flexibility index (Phi) is 3.75. The second kappa shape index (κ2) is 4.74. The number of piperidine rings is 1. The molecule has 0 aromatic heterocycles. The van der Waals surface area contributed by atoms with Crippen LogP contribution in [-0.2, 0) is 10.0 Å². The Balaban J connectivity index is 2.22. The molecule has 2 aliphatic heterocycles. The standard InChI is InChI=1S/C12H24N2O3S/c1-10(2)13-8-6-12(11(15)9-13)5-4-7-14(12)18(3,16)17/h10-11,15H,4-9H2,1-3H3/t11-,12-/m0/s1. The Morgan fingerprint density at radius 3 is 2.44 bits per heavy atom. The predicted molar refractivity (Wildman–Crippen MR) is 70.8 cm³/mol. The van der Waals surface area contributed by atoms with Crippen molar-refractivity contribution in [2.24, 2.45) is 0 Å². The number of hydrogen-bond donors (Lipinski definition) is 1. The summed E-state index contributed by atoms with van der Waals surface area (Å²) in [5.41, 5.74) is -0.543. The van der Waals surface area contributed by atoms with Gasteiger partial charge >= 0.3 is 0 Å². The molecule has 0 bridgehead atoms. The van der Waals surface area contributed by atoms with E-state index >= 15 is 0 Å². The normalized spacial score (nSPS) is 35.7. The highest BCUT2D eigenvalue weighted by Gasteiger charge is 2.52. The average molecular weight is 276 g/mol. The fraction of sp³-hybridized carbons (Fsp3) is 1.00. The number of aliphatic hydroxyl groups is 1. The van der Waals surface area contributed by atoms with E-state index < -0.39 is 21.7 Å². The Hall–Kier alpha value is -0.170. The van der Waals surface area contributed by atoms with Crippen molar-refractivity contribution in [1.29, 1.82) is 0 Å². The molecule has 2 rings (SSSR count). The minimum Gasteiger partial charge on any atom is -0.390 e. The SMILES string of the molecule is CC(C)N1CC[C@@]2(CCCN2S(C)(=O)=O)[C@@H](O)C1. The number of likely N-dealkylation sites (tertiary alicyclic amines) is 1. The van der Waals surface area contributed by atoms with E-state index in [4.69, 9.17) is 0 Å². The lowest BCUT2D eigenvalue weighted by atomic mass is 9.83. The van der Waals surface area contributed by atoms with Crippen molar-refractivity contribution in [2.75, 3.05) is 25.9 Å². The first-order chi connectivity index (χ1) is 8.27. The van der Waals surface area contributed by atoms with Gasteiger partial charge in [-0.3, -0.25) is 4.90 Å². The summed E-state index contributed by atoms with van der Waals surface area (Å²) in [6.07, 6.45) is 3.05. The van der Waals surface area contributed by atoms with Gasteiger partial charge in [0.1, 0.15) is 0 Å². The Morgan fingerprint density at radius 2 is 1.94 bits per heavy atom. The molecule has 5 nitrogen and oxygen atoms in total. The maximum atomic E-state index is 11.9. The fourth-order valence-corrected chi connectivity index (χ4v) is 4.84. The third-order valence-corrected chi connectivity index (χ3v) is 5.80. The molecule has 2 atom stereocenters. The quantitative estimate of drug-likeness (QED) is 0.786. The fourth-order valence-electron chi connectivity index (χ4n) is 3.41. The van der Waals surface area contributed by atoms with Gasteiger partial charge in [-0.2, -0.15) is 4.31 Å². The average Bonchev–Trinajstić information content (AvgIpc) is 2.66. The Morgan fingerprint density at radius 1 is 1.28 bits per heavy atom. The van der Waals surface area contributed by atoms with Gasteiger partial charge < -0.3 is 5.11 Å². The van der Waals surface area contributed by atoms with Crippen molar-refractivity contribution >= 4 is 10.0 Å². The first-order valence-electron chi connectivity index (χ1n) is 6.67. The zero-order valence-corrected chi connectivity index (χ0v) is 12.3. The maximum Gasteiger partial charge on any atom is 0.211 e. The van der Waals surface area contributed by atoms with Crippen LogP contribution in [-0.4, -0.2) is 66.3 Å². The van der Waals surface area contributed by atoms with E-state index in [9.17, 15) is 13.5 Å².